The van der Waals surface area contributed by atoms with Crippen molar-refractivity contribution in [2.45, 2.75) is 44.6 Å². The van der Waals surface area contributed by atoms with E-state index in [0.717, 1.165) is 52.5 Å². The Morgan fingerprint density at radius 3 is 2.88 bits per heavy atom. The summed E-state index contributed by atoms with van der Waals surface area (Å²) in [7, 11) is 0. The van der Waals surface area contributed by atoms with Crippen molar-refractivity contribution in [3.8, 4) is 5.75 Å². The minimum atomic E-state index is -0.945. The highest BCUT2D eigenvalue weighted by molar-refractivity contribution is 6.20. The summed E-state index contributed by atoms with van der Waals surface area (Å²) in [5.41, 5.74) is 6.00. The number of allylic oxidation sites excluding steroid dienone is 1. The average Bonchev–Trinajstić information content (AvgIpc) is 3.01. The van der Waals surface area contributed by atoms with E-state index in [1.165, 1.54) is 5.57 Å². The Labute approximate surface area is 192 Å². The number of hydrogen-bond donors (Lipinski definition) is 3. The number of aliphatic imine (C=N–C) groups is 1. The van der Waals surface area contributed by atoms with Crippen molar-refractivity contribution >= 4 is 28.5 Å². The normalized spacial score (nSPS) is 17.8. The second kappa shape index (κ2) is 8.28. The van der Waals surface area contributed by atoms with Gasteiger partial charge in [-0.1, -0.05) is 26.0 Å². The van der Waals surface area contributed by atoms with E-state index in [-0.39, 0.29) is 19.0 Å². The Bertz CT molecular complexity index is 1300. The first-order valence-corrected chi connectivity index (χ1v) is 11.4. The second-order valence-electron chi connectivity index (χ2n) is 9.32. The first-order valence-electron chi connectivity index (χ1n) is 11.4. The SMILES string of the molecule is CC1(C)c2cc(OC[C@H](O)CO)ccc2C(=O)c2c1[nH]c1cc(C3=CN=CCCC3)ccc21. The zero-order valence-corrected chi connectivity index (χ0v) is 18.9. The molecule has 2 aromatic carbocycles. The van der Waals surface area contributed by atoms with Crippen molar-refractivity contribution in [2.75, 3.05) is 13.2 Å². The van der Waals surface area contributed by atoms with E-state index in [1.807, 2.05) is 24.5 Å². The molecular weight excluding hydrogens is 416 g/mol. The fraction of sp³-hybridized carbons (Fsp3) is 0.333. The number of rotatable bonds is 5. The molecule has 0 saturated heterocycles. The molecule has 0 radical (unpaired) electrons. The Morgan fingerprint density at radius 1 is 1.21 bits per heavy atom. The molecule has 0 spiro atoms. The van der Waals surface area contributed by atoms with Crippen LogP contribution in [0.4, 0.5) is 0 Å². The van der Waals surface area contributed by atoms with Gasteiger partial charge in [-0.25, -0.2) is 0 Å². The topological polar surface area (TPSA) is 94.9 Å². The third kappa shape index (κ3) is 3.69. The van der Waals surface area contributed by atoms with Crippen LogP contribution in [-0.4, -0.2) is 46.5 Å². The molecule has 3 aromatic rings. The lowest BCUT2D eigenvalue weighted by Crippen LogP contribution is -2.30. The van der Waals surface area contributed by atoms with Gasteiger partial charge in [0.2, 0.25) is 0 Å². The van der Waals surface area contributed by atoms with Gasteiger partial charge < -0.3 is 19.9 Å². The van der Waals surface area contributed by atoms with Gasteiger partial charge in [0.1, 0.15) is 18.5 Å². The second-order valence-corrected chi connectivity index (χ2v) is 9.32. The summed E-state index contributed by atoms with van der Waals surface area (Å²) < 4.78 is 5.64. The predicted octanol–water partition coefficient (Wildman–Crippen LogP) is 4.37. The van der Waals surface area contributed by atoms with E-state index < -0.39 is 11.5 Å². The predicted molar refractivity (Wildman–Crippen MR) is 129 cm³/mol. The van der Waals surface area contributed by atoms with E-state index in [0.29, 0.717) is 11.3 Å². The van der Waals surface area contributed by atoms with E-state index in [2.05, 4.69) is 36.0 Å². The molecule has 33 heavy (non-hydrogen) atoms. The standard InChI is InChI=1S/C27H28N2O4/c1-27(2)22-12-19(33-15-18(31)14-30)7-9-20(22)25(32)24-21-8-6-16(11-23(21)29-26(24)27)17-5-3-4-10-28-13-17/h6-13,18,29-31H,3-5,14-15H2,1-2H3/t18-/m1/s1. The Balaban J connectivity index is 1.57. The van der Waals surface area contributed by atoms with Gasteiger partial charge in [-0.15, -0.1) is 0 Å². The zero-order chi connectivity index (χ0) is 23.2. The summed E-state index contributed by atoms with van der Waals surface area (Å²) in [4.78, 5) is 21.5. The summed E-state index contributed by atoms with van der Waals surface area (Å²) in [6.07, 6.45) is 6.01. The lowest BCUT2D eigenvalue weighted by molar-refractivity contribution is 0.0535. The molecular formula is C27H28N2O4. The van der Waals surface area contributed by atoms with Crippen LogP contribution in [0.2, 0.25) is 0 Å². The molecule has 5 rings (SSSR count). The Morgan fingerprint density at radius 2 is 2.06 bits per heavy atom. The van der Waals surface area contributed by atoms with Gasteiger partial charge in [0, 0.05) is 40.0 Å². The molecule has 6 heteroatoms. The molecule has 6 nitrogen and oxygen atoms in total. The number of aliphatic hydroxyl groups excluding tert-OH is 2. The summed E-state index contributed by atoms with van der Waals surface area (Å²) >= 11 is 0. The number of benzene rings is 2. The third-order valence-corrected chi connectivity index (χ3v) is 6.70. The molecule has 0 fully saturated rings. The van der Waals surface area contributed by atoms with Gasteiger partial charge in [-0.3, -0.25) is 9.79 Å². The molecule has 170 valence electrons. The number of carbonyl (C=O) groups is 1. The van der Waals surface area contributed by atoms with Crippen LogP contribution in [-0.2, 0) is 5.41 Å². The van der Waals surface area contributed by atoms with Crippen molar-refractivity contribution in [3.63, 3.8) is 0 Å². The van der Waals surface area contributed by atoms with Gasteiger partial charge in [-0.05, 0) is 60.2 Å². The summed E-state index contributed by atoms with van der Waals surface area (Å²) in [6, 6.07) is 11.7. The van der Waals surface area contributed by atoms with E-state index in [4.69, 9.17) is 9.84 Å². The van der Waals surface area contributed by atoms with Crippen LogP contribution in [0.1, 0.15) is 65.9 Å². The minimum Gasteiger partial charge on any atom is -0.491 e. The lowest BCUT2D eigenvalue weighted by atomic mass is 9.71. The summed E-state index contributed by atoms with van der Waals surface area (Å²) in [5, 5.41) is 19.6. The molecule has 0 amide bonds. The minimum absolute atomic E-state index is 0.00134. The highest BCUT2D eigenvalue weighted by atomic mass is 16.5. The maximum Gasteiger partial charge on any atom is 0.195 e. The van der Waals surface area contributed by atoms with Crippen LogP contribution < -0.4 is 4.74 Å². The highest BCUT2D eigenvalue weighted by Crippen LogP contribution is 2.45. The first-order chi connectivity index (χ1) is 15.9. The fourth-order valence-electron chi connectivity index (χ4n) is 4.83. The van der Waals surface area contributed by atoms with Gasteiger partial charge in [0.05, 0.1) is 12.2 Å². The number of ether oxygens (including phenoxy) is 1. The summed E-state index contributed by atoms with van der Waals surface area (Å²) in [6.45, 7) is 3.83. The van der Waals surface area contributed by atoms with Crippen LogP contribution in [0, 0.1) is 0 Å². The lowest BCUT2D eigenvalue weighted by Gasteiger charge is -2.32. The number of aromatic nitrogens is 1. The molecule has 1 atom stereocenters. The molecule has 1 aliphatic carbocycles. The molecule has 2 heterocycles. The molecule has 1 aliphatic heterocycles. The Kier molecular flexibility index (Phi) is 5.43. The molecule has 1 aromatic heterocycles. The highest BCUT2D eigenvalue weighted by Gasteiger charge is 2.39. The van der Waals surface area contributed by atoms with Crippen molar-refractivity contribution in [1.29, 1.82) is 0 Å². The molecule has 2 aliphatic rings. The monoisotopic (exact) mass is 444 g/mol. The zero-order valence-electron chi connectivity index (χ0n) is 18.9. The number of H-pyrrole nitrogens is 1. The van der Waals surface area contributed by atoms with E-state index >= 15 is 0 Å². The largest absolute Gasteiger partial charge is 0.491 e. The van der Waals surface area contributed by atoms with Gasteiger partial charge in [0.25, 0.3) is 0 Å². The van der Waals surface area contributed by atoms with E-state index in [1.54, 1.807) is 12.1 Å². The van der Waals surface area contributed by atoms with Crippen molar-refractivity contribution in [3.05, 3.63) is 70.5 Å². The molecule has 0 unspecified atom stereocenters. The number of ketones is 1. The maximum absolute atomic E-state index is 13.6. The average molecular weight is 445 g/mol. The number of aliphatic hydroxyl groups is 2. The van der Waals surface area contributed by atoms with Crippen LogP contribution >= 0.6 is 0 Å². The van der Waals surface area contributed by atoms with Crippen molar-refractivity contribution in [2.24, 2.45) is 4.99 Å². The molecule has 0 saturated carbocycles. The van der Waals surface area contributed by atoms with Crippen molar-refractivity contribution < 1.29 is 19.7 Å². The smallest absolute Gasteiger partial charge is 0.195 e. The van der Waals surface area contributed by atoms with Gasteiger partial charge >= 0.3 is 0 Å². The van der Waals surface area contributed by atoms with Crippen LogP contribution in [0.15, 0.2) is 47.6 Å². The number of nitrogens with zero attached hydrogens (tertiary/aromatic N) is 1. The quantitative estimate of drug-likeness (QED) is 0.545. The van der Waals surface area contributed by atoms with Crippen LogP contribution in [0.3, 0.4) is 0 Å². The maximum atomic E-state index is 13.6. The first kappa shape index (κ1) is 21.6. The van der Waals surface area contributed by atoms with Gasteiger partial charge in [-0.2, -0.15) is 0 Å². The number of fused-ring (bicyclic) bond motifs is 4. The van der Waals surface area contributed by atoms with Crippen LogP contribution in [0.25, 0.3) is 16.5 Å². The number of hydrogen-bond acceptors (Lipinski definition) is 5. The van der Waals surface area contributed by atoms with Crippen LogP contribution in [0.5, 0.6) is 5.75 Å². The number of carbonyl (C=O) groups excluding carboxylic acids is 1. The number of nitrogens with one attached hydrogen (secondary N) is 1. The fourth-order valence-corrected chi connectivity index (χ4v) is 4.83. The number of aromatic amines is 1. The van der Waals surface area contributed by atoms with E-state index in [9.17, 15) is 9.90 Å². The third-order valence-electron chi connectivity index (χ3n) is 6.70. The molecule has 0 bridgehead atoms. The Hall–Kier alpha value is -3.22. The summed E-state index contributed by atoms with van der Waals surface area (Å²) in [5.74, 6) is 0.559. The van der Waals surface area contributed by atoms with Gasteiger partial charge in [0.15, 0.2) is 5.78 Å². The van der Waals surface area contributed by atoms with Crippen molar-refractivity contribution in [1.82, 2.24) is 4.98 Å². The molecule has 3 N–H and O–H groups in total.